The molecule has 2 rings (SSSR count). The third-order valence-corrected chi connectivity index (χ3v) is 3.65. The Balaban J connectivity index is 1.83. The van der Waals surface area contributed by atoms with Gasteiger partial charge in [-0.15, -0.1) is 0 Å². The number of hydrogen-bond acceptors (Lipinski definition) is 3. The Kier molecular flexibility index (Phi) is 3.79. The second-order valence-electron chi connectivity index (χ2n) is 4.83. The van der Waals surface area contributed by atoms with Crippen molar-refractivity contribution in [2.24, 2.45) is 5.92 Å². The molecule has 1 heterocycles. The minimum absolute atomic E-state index is 0.151. The highest BCUT2D eigenvalue weighted by molar-refractivity contribution is 5.76. The Labute approximate surface area is 96.4 Å². The van der Waals surface area contributed by atoms with E-state index >= 15 is 0 Å². The van der Waals surface area contributed by atoms with E-state index in [1.165, 1.54) is 12.8 Å². The Morgan fingerprint density at radius 2 is 2.12 bits per heavy atom. The summed E-state index contributed by atoms with van der Waals surface area (Å²) >= 11 is 0. The van der Waals surface area contributed by atoms with Crippen LogP contribution in [0, 0.1) is 17.2 Å². The molecule has 4 nitrogen and oxygen atoms in total. The second-order valence-corrected chi connectivity index (χ2v) is 4.83. The van der Waals surface area contributed by atoms with E-state index in [-0.39, 0.29) is 11.8 Å². The average molecular weight is 221 g/mol. The number of piperidine rings is 1. The van der Waals surface area contributed by atoms with E-state index in [0.29, 0.717) is 25.0 Å². The molecule has 1 saturated carbocycles. The lowest BCUT2D eigenvalue weighted by atomic mass is 9.85. The zero-order valence-corrected chi connectivity index (χ0v) is 9.54. The molecule has 0 bridgehead atoms. The van der Waals surface area contributed by atoms with Crippen LogP contribution < -0.4 is 10.6 Å². The summed E-state index contributed by atoms with van der Waals surface area (Å²) in [4.78, 5) is 11.0. The summed E-state index contributed by atoms with van der Waals surface area (Å²) in [5, 5.41) is 15.5. The van der Waals surface area contributed by atoms with E-state index in [2.05, 4.69) is 16.7 Å². The quantitative estimate of drug-likeness (QED) is 0.729. The van der Waals surface area contributed by atoms with Gasteiger partial charge in [0.05, 0.1) is 12.0 Å². The number of nitriles is 1. The van der Waals surface area contributed by atoms with Crippen molar-refractivity contribution in [2.45, 2.75) is 50.6 Å². The van der Waals surface area contributed by atoms with Crippen molar-refractivity contribution < 1.29 is 4.79 Å². The first kappa shape index (κ1) is 11.4. The van der Waals surface area contributed by atoms with E-state index < -0.39 is 0 Å². The van der Waals surface area contributed by atoms with Gasteiger partial charge in [0.1, 0.15) is 0 Å². The summed E-state index contributed by atoms with van der Waals surface area (Å²) in [6, 6.07) is 3.09. The second kappa shape index (κ2) is 5.31. The minimum atomic E-state index is 0.151. The van der Waals surface area contributed by atoms with Gasteiger partial charge in [0.25, 0.3) is 0 Å². The molecule has 2 fully saturated rings. The summed E-state index contributed by atoms with van der Waals surface area (Å²) in [5.41, 5.74) is 0. The molecule has 0 aromatic rings. The molecule has 3 atom stereocenters. The van der Waals surface area contributed by atoms with Gasteiger partial charge in [-0.25, -0.2) is 0 Å². The Morgan fingerprint density at radius 3 is 2.81 bits per heavy atom. The molecule has 0 spiro atoms. The topological polar surface area (TPSA) is 64.9 Å². The first-order chi connectivity index (χ1) is 7.79. The zero-order chi connectivity index (χ0) is 11.4. The third kappa shape index (κ3) is 2.73. The van der Waals surface area contributed by atoms with Gasteiger partial charge < -0.3 is 10.6 Å². The Bertz CT molecular complexity index is 287. The number of carbonyl (C=O) groups excluding carboxylic acids is 1. The molecule has 2 N–H and O–H groups in total. The number of nitrogens with zero attached hydrogens (tertiary/aromatic N) is 1. The van der Waals surface area contributed by atoms with Crippen molar-refractivity contribution >= 4 is 5.91 Å². The molecule has 0 aromatic heterocycles. The van der Waals surface area contributed by atoms with E-state index in [1.54, 1.807) is 0 Å². The van der Waals surface area contributed by atoms with Crippen LogP contribution in [0.3, 0.4) is 0 Å². The van der Waals surface area contributed by atoms with Gasteiger partial charge in [-0.2, -0.15) is 5.26 Å². The predicted octanol–water partition coefficient (Wildman–Crippen LogP) is 0.937. The van der Waals surface area contributed by atoms with Crippen LogP contribution in [0.5, 0.6) is 0 Å². The molecular formula is C12H19N3O. The number of carbonyl (C=O) groups is 1. The Hall–Kier alpha value is -1.08. The zero-order valence-electron chi connectivity index (χ0n) is 9.54. The van der Waals surface area contributed by atoms with E-state index in [0.717, 1.165) is 19.3 Å². The van der Waals surface area contributed by atoms with Gasteiger partial charge in [0.2, 0.25) is 5.91 Å². The molecule has 3 unspecified atom stereocenters. The molecular weight excluding hydrogens is 202 g/mol. The van der Waals surface area contributed by atoms with Crippen molar-refractivity contribution in [3.8, 4) is 6.07 Å². The fraction of sp³-hybridized carbons (Fsp3) is 0.833. The van der Waals surface area contributed by atoms with Crippen molar-refractivity contribution in [3.63, 3.8) is 0 Å². The lowest BCUT2D eigenvalue weighted by Crippen LogP contribution is -2.51. The highest BCUT2D eigenvalue weighted by Crippen LogP contribution is 2.24. The van der Waals surface area contributed by atoms with E-state index in [1.807, 2.05) is 0 Å². The molecule has 1 amide bonds. The van der Waals surface area contributed by atoms with Crippen LogP contribution >= 0.6 is 0 Å². The fourth-order valence-electron chi connectivity index (χ4n) is 2.66. The van der Waals surface area contributed by atoms with Crippen LogP contribution in [0.2, 0.25) is 0 Å². The van der Waals surface area contributed by atoms with Crippen LogP contribution in [0.4, 0.5) is 0 Å². The largest absolute Gasteiger partial charge is 0.355 e. The van der Waals surface area contributed by atoms with Gasteiger partial charge in [0, 0.05) is 25.0 Å². The van der Waals surface area contributed by atoms with Gasteiger partial charge in [-0.1, -0.05) is 12.8 Å². The average Bonchev–Trinajstić information content (AvgIpc) is 2.33. The van der Waals surface area contributed by atoms with Gasteiger partial charge in [-0.05, 0) is 19.3 Å². The van der Waals surface area contributed by atoms with Crippen LogP contribution in [0.25, 0.3) is 0 Å². The molecule has 2 aliphatic rings. The van der Waals surface area contributed by atoms with Crippen molar-refractivity contribution in [3.05, 3.63) is 0 Å². The maximum absolute atomic E-state index is 11.0. The fourth-order valence-corrected chi connectivity index (χ4v) is 2.66. The summed E-state index contributed by atoms with van der Waals surface area (Å²) in [7, 11) is 0. The van der Waals surface area contributed by atoms with E-state index in [9.17, 15) is 4.79 Å². The lowest BCUT2D eigenvalue weighted by Gasteiger charge is -2.33. The molecule has 16 heavy (non-hydrogen) atoms. The molecule has 88 valence electrons. The molecule has 1 aliphatic carbocycles. The van der Waals surface area contributed by atoms with Crippen LogP contribution in [-0.4, -0.2) is 24.5 Å². The van der Waals surface area contributed by atoms with Gasteiger partial charge >= 0.3 is 0 Å². The standard InChI is InChI=1S/C12H19N3O/c13-7-9-3-1-2-4-11(9)15-10-5-6-12(16)14-8-10/h9-11,15H,1-6,8H2,(H,14,16). The number of nitrogens with one attached hydrogen (secondary N) is 2. The van der Waals surface area contributed by atoms with Gasteiger partial charge in [-0.3, -0.25) is 4.79 Å². The van der Waals surface area contributed by atoms with Crippen molar-refractivity contribution in [1.82, 2.24) is 10.6 Å². The van der Waals surface area contributed by atoms with Crippen LogP contribution in [0.1, 0.15) is 38.5 Å². The number of amides is 1. The van der Waals surface area contributed by atoms with Crippen molar-refractivity contribution in [1.29, 1.82) is 5.26 Å². The highest BCUT2D eigenvalue weighted by Gasteiger charge is 2.28. The summed E-state index contributed by atoms with van der Waals surface area (Å²) in [6.45, 7) is 0.716. The molecule has 1 aliphatic heterocycles. The normalized spacial score (nSPS) is 35.2. The minimum Gasteiger partial charge on any atom is -0.355 e. The smallest absolute Gasteiger partial charge is 0.220 e. The van der Waals surface area contributed by atoms with Crippen molar-refractivity contribution in [2.75, 3.05) is 6.54 Å². The summed E-state index contributed by atoms with van der Waals surface area (Å²) in [5.74, 6) is 0.310. The maximum atomic E-state index is 11.0. The van der Waals surface area contributed by atoms with E-state index in [4.69, 9.17) is 5.26 Å². The number of rotatable bonds is 2. The Morgan fingerprint density at radius 1 is 1.31 bits per heavy atom. The van der Waals surface area contributed by atoms with Gasteiger partial charge in [0.15, 0.2) is 0 Å². The SMILES string of the molecule is N#CC1CCCCC1NC1CCC(=O)NC1. The maximum Gasteiger partial charge on any atom is 0.220 e. The first-order valence-corrected chi connectivity index (χ1v) is 6.22. The molecule has 1 saturated heterocycles. The summed E-state index contributed by atoms with van der Waals surface area (Å²) < 4.78 is 0. The molecule has 0 aromatic carbocycles. The molecule has 4 heteroatoms. The highest BCUT2D eigenvalue weighted by atomic mass is 16.1. The first-order valence-electron chi connectivity index (χ1n) is 6.22. The number of hydrogen-bond donors (Lipinski definition) is 2. The lowest BCUT2D eigenvalue weighted by molar-refractivity contribution is -0.122. The predicted molar refractivity (Wildman–Crippen MR) is 60.5 cm³/mol. The molecule has 0 radical (unpaired) electrons. The van der Waals surface area contributed by atoms with Crippen LogP contribution in [0.15, 0.2) is 0 Å². The monoisotopic (exact) mass is 221 g/mol. The summed E-state index contributed by atoms with van der Waals surface area (Å²) in [6.07, 6.45) is 6.03. The van der Waals surface area contributed by atoms with Crippen LogP contribution in [-0.2, 0) is 4.79 Å². The third-order valence-electron chi connectivity index (χ3n) is 3.65.